The number of anilines is 1. The largest absolute Gasteiger partial charge is 0.478 e. The van der Waals surface area contributed by atoms with Gasteiger partial charge in [0, 0.05) is 11.7 Å². The first-order chi connectivity index (χ1) is 9.88. The maximum Gasteiger partial charge on any atom is 0.335 e. The van der Waals surface area contributed by atoms with Crippen molar-refractivity contribution in [2.24, 2.45) is 0 Å². The number of aryl methyl sites for hydroxylation is 3. The summed E-state index contributed by atoms with van der Waals surface area (Å²) in [5.41, 5.74) is 6.15. The zero-order valence-corrected chi connectivity index (χ0v) is 12.9. The summed E-state index contributed by atoms with van der Waals surface area (Å²) in [6.45, 7) is 8.41. The zero-order valence-electron chi connectivity index (χ0n) is 12.9. The Balaban J connectivity index is 2.26. The van der Waals surface area contributed by atoms with E-state index in [2.05, 4.69) is 45.1 Å². The van der Waals surface area contributed by atoms with Gasteiger partial charge in [0.2, 0.25) is 0 Å². The molecule has 0 aromatic heterocycles. The highest BCUT2D eigenvalue weighted by Crippen LogP contribution is 2.25. The highest BCUT2D eigenvalue weighted by molar-refractivity contribution is 5.88. The SMILES string of the molecule is Cc1cc(C)c(C(C)Nc2cccc(C(=O)O)c2)cc1C. The van der Waals surface area contributed by atoms with Gasteiger partial charge < -0.3 is 10.4 Å². The van der Waals surface area contributed by atoms with Crippen molar-refractivity contribution in [1.82, 2.24) is 0 Å². The molecule has 110 valence electrons. The fraction of sp³-hybridized carbons (Fsp3) is 0.278. The van der Waals surface area contributed by atoms with Gasteiger partial charge in [-0.2, -0.15) is 0 Å². The van der Waals surface area contributed by atoms with Crippen LogP contribution in [0.1, 0.15) is 45.6 Å². The summed E-state index contributed by atoms with van der Waals surface area (Å²) in [5.74, 6) is -0.909. The van der Waals surface area contributed by atoms with Crippen molar-refractivity contribution in [2.75, 3.05) is 5.32 Å². The van der Waals surface area contributed by atoms with E-state index in [1.807, 2.05) is 6.07 Å². The van der Waals surface area contributed by atoms with Crippen LogP contribution >= 0.6 is 0 Å². The molecule has 3 heteroatoms. The molecule has 2 N–H and O–H groups in total. The van der Waals surface area contributed by atoms with E-state index in [4.69, 9.17) is 5.11 Å². The smallest absolute Gasteiger partial charge is 0.335 e. The number of rotatable bonds is 4. The van der Waals surface area contributed by atoms with Crippen LogP contribution in [0, 0.1) is 20.8 Å². The summed E-state index contributed by atoms with van der Waals surface area (Å²) in [4.78, 5) is 11.0. The average Bonchev–Trinajstić information content (AvgIpc) is 2.43. The van der Waals surface area contributed by atoms with E-state index in [9.17, 15) is 4.79 Å². The van der Waals surface area contributed by atoms with Crippen molar-refractivity contribution < 1.29 is 9.90 Å². The van der Waals surface area contributed by atoms with E-state index < -0.39 is 5.97 Å². The molecule has 0 heterocycles. The predicted octanol–water partition coefficient (Wildman–Crippen LogP) is 4.48. The maximum absolute atomic E-state index is 11.0. The van der Waals surface area contributed by atoms with E-state index in [1.165, 1.54) is 22.3 Å². The molecule has 0 saturated heterocycles. The van der Waals surface area contributed by atoms with Gasteiger partial charge in [-0.3, -0.25) is 0 Å². The maximum atomic E-state index is 11.0. The molecular formula is C18H21NO2. The number of hydrogen-bond donors (Lipinski definition) is 2. The van der Waals surface area contributed by atoms with Crippen LogP contribution in [0.25, 0.3) is 0 Å². The first-order valence-electron chi connectivity index (χ1n) is 7.06. The molecule has 0 amide bonds. The molecule has 0 aliphatic rings. The Morgan fingerprint density at radius 2 is 1.71 bits per heavy atom. The minimum atomic E-state index is -0.909. The summed E-state index contributed by atoms with van der Waals surface area (Å²) >= 11 is 0. The fourth-order valence-corrected chi connectivity index (χ4v) is 2.52. The standard InChI is InChI=1S/C18H21NO2/c1-11-8-13(3)17(9-12(11)2)14(4)19-16-7-5-6-15(10-16)18(20)21/h5-10,14,19H,1-4H3,(H,20,21). The van der Waals surface area contributed by atoms with Gasteiger partial charge >= 0.3 is 5.97 Å². The van der Waals surface area contributed by atoms with Gasteiger partial charge in [0.1, 0.15) is 0 Å². The number of carboxylic acid groups (broad SMARTS) is 1. The van der Waals surface area contributed by atoms with E-state index >= 15 is 0 Å². The molecule has 3 nitrogen and oxygen atoms in total. The molecule has 2 aromatic rings. The Hall–Kier alpha value is -2.29. The molecule has 1 atom stereocenters. The van der Waals surface area contributed by atoms with Crippen LogP contribution in [0.4, 0.5) is 5.69 Å². The van der Waals surface area contributed by atoms with Gasteiger partial charge in [-0.25, -0.2) is 4.79 Å². The van der Waals surface area contributed by atoms with Crippen LogP contribution in [0.3, 0.4) is 0 Å². The van der Waals surface area contributed by atoms with Crippen LogP contribution in [0.5, 0.6) is 0 Å². The minimum absolute atomic E-state index is 0.119. The van der Waals surface area contributed by atoms with Crippen molar-refractivity contribution in [1.29, 1.82) is 0 Å². The third kappa shape index (κ3) is 3.43. The van der Waals surface area contributed by atoms with Crippen LogP contribution in [0.2, 0.25) is 0 Å². The van der Waals surface area contributed by atoms with Gasteiger partial charge in [0.05, 0.1) is 5.56 Å². The molecule has 0 fully saturated rings. The van der Waals surface area contributed by atoms with Gasteiger partial charge in [-0.1, -0.05) is 18.2 Å². The Morgan fingerprint density at radius 1 is 1.05 bits per heavy atom. The number of carboxylic acids is 1. The monoisotopic (exact) mass is 283 g/mol. The molecule has 0 radical (unpaired) electrons. The second-order valence-corrected chi connectivity index (χ2v) is 5.55. The molecule has 2 rings (SSSR count). The number of nitrogens with one attached hydrogen (secondary N) is 1. The fourth-order valence-electron chi connectivity index (χ4n) is 2.52. The van der Waals surface area contributed by atoms with E-state index in [1.54, 1.807) is 18.2 Å². The van der Waals surface area contributed by atoms with Crippen molar-refractivity contribution >= 4 is 11.7 Å². The van der Waals surface area contributed by atoms with Crippen molar-refractivity contribution in [2.45, 2.75) is 33.7 Å². The molecule has 1 unspecified atom stereocenters. The molecule has 0 aliphatic carbocycles. The second kappa shape index (κ2) is 6.00. The van der Waals surface area contributed by atoms with Gasteiger partial charge in [0.15, 0.2) is 0 Å². The van der Waals surface area contributed by atoms with Crippen LogP contribution in [0.15, 0.2) is 36.4 Å². The van der Waals surface area contributed by atoms with Gasteiger partial charge in [-0.15, -0.1) is 0 Å². The number of hydrogen-bond acceptors (Lipinski definition) is 2. The lowest BCUT2D eigenvalue weighted by atomic mass is 9.96. The van der Waals surface area contributed by atoms with Crippen LogP contribution in [-0.2, 0) is 0 Å². The minimum Gasteiger partial charge on any atom is -0.478 e. The summed E-state index contributed by atoms with van der Waals surface area (Å²) < 4.78 is 0. The lowest BCUT2D eigenvalue weighted by Gasteiger charge is -2.19. The number of benzene rings is 2. The van der Waals surface area contributed by atoms with Crippen molar-refractivity contribution in [3.63, 3.8) is 0 Å². The van der Waals surface area contributed by atoms with Crippen LogP contribution < -0.4 is 5.32 Å². The summed E-state index contributed by atoms with van der Waals surface area (Å²) in [7, 11) is 0. The Kier molecular flexibility index (Phi) is 4.32. The summed E-state index contributed by atoms with van der Waals surface area (Å²) in [5, 5.41) is 12.4. The highest BCUT2D eigenvalue weighted by Gasteiger charge is 2.11. The first-order valence-corrected chi connectivity index (χ1v) is 7.06. The third-order valence-electron chi connectivity index (χ3n) is 3.84. The zero-order chi connectivity index (χ0) is 15.6. The number of aromatic carboxylic acids is 1. The van der Waals surface area contributed by atoms with E-state index in [0.717, 1.165) is 5.69 Å². The van der Waals surface area contributed by atoms with E-state index in [-0.39, 0.29) is 6.04 Å². The van der Waals surface area contributed by atoms with Crippen molar-refractivity contribution in [3.05, 3.63) is 64.2 Å². The first kappa shape index (κ1) is 15.1. The molecule has 0 bridgehead atoms. The molecule has 21 heavy (non-hydrogen) atoms. The summed E-state index contributed by atoms with van der Waals surface area (Å²) in [6, 6.07) is 11.4. The van der Waals surface area contributed by atoms with E-state index in [0.29, 0.717) is 5.56 Å². The quantitative estimate of drug-likeness (QED) is 0.869. The van der Waals surface area contributed by atoms with Gasteiger partial charge in [-0.05, 0) is 68.1 Å². The second-order valence-electron chi connectivity index (χ2n) is 5.55. The predicted molar refractivity (Wildman–Crippen MR) is 86.1 cm³/mol. The lowest BCUT2D eigenvalue weighted by molar-refractivity contribution is 0.0697. The molecular weight excluding hydrogens is 262 g/mol. The number of carbonyl (C=O) groups is 1. The lowest BCUT2D eigenvalue weighted by Crippen LogP contribution is -2.09. The molecule has 0 saturated carbocycles. The molecule has 0 spiro atoms. The van der Waals surface area contributed by atoms with Crippen molar-refractivity contribution in [3.8, 4) is 0 Å². The Labute approximate surface area is 125 Å². The normalized spacial score (nSPS) is 12.0. The Morgan fingerprint density at radius 3 is 2.38 bits per heavy atom. The Bertz CT molecular complexity index is 677. The molecule has 0 aliphatic heterocycles. The summed E-state index contributed by atoms with van der Waals surface area (Å²) in [6.07, 6.45) is 0. The molecule has 2 aromatic carbocycles. The third-order valence-corrected chi connectivity index (χ3v) is 3.84. The topological polar surface area (TPSA) is 49.3 Å². The average molecular weight is 283 g/mol. The van der Waals surface area contributed by atoms with Gasteiger partial charge in [0.25, 0.3) is 0 Å². The van der Waals surface area contributed by atoms with Crippen LogP contribution in [-0.4, -0.2) is 11.1 Å². The highest BCUT2D eigenvalue weighted by atomic mass is 16.4.